The number of aromatic nitrogens is 1. The molecule has 1 aromatic heterocycles. The molecule has 0 saturated carbocycles. The van der Waals surface area contributed by atoms with Crippen LogP contribution in [0.15, 0.2) is 0 Å². The summed E-state index contributed by atoms with van der Waals surface area (Å²) in [6.07, 6.45) is 0.651. The largest absolute Gasteiger partial charge is 0.465 e. The van der Waals surface area contributed by atoms with Crippen molar-refractivity contribution in [3.63, 3.8) is 0 Å². The molecule has 4 nitrogen and oxygen atoms in total. The normalized spacial score (nSPS) is 19.7. The van der Waals surface area contributed by atoms with Gasteiger partial charge in [-0.2, -0.15) is 0 Å². The molecule has 1 N–H and O–H groups in total. The Morgan fingerprint density at radius 1 is 1.73 bits per heavy atom. The van der Waals surface area contributed by atoms with Crippen LogP contribution in [0.2, 0.25) is 0 Å². The Morgan fingerprint density at radius 3 is 3.27 bits per heavy atom. The summed E-state index contributed by atoms with van der Waals surface area (Å²) in [6.45, 7) is 4.96. The molecule has 0 saturated heterocycles. The highest BCUT2D eigenvalue weighted by Crippen LogP contribution is 2.22. The molecule has 1 atom stereocenters. The van der Waals surface area contributed by atoms with E-state index in [1.807, 2.05) is 13.8 Å². The minimum Gasteiger partial charge on any atom is -0.465 e. The lowest BCUT2D eigenvalue weighted by molar-refractivity contribution is -0.145. The highest BCUT2D eigenvalue weighted by atomic mass is 32.1. The number of thiazole rings is 1. The maximum absolute atomic E-state index is 11.5. The Labute approximate surface area is 92.7 Å². The van der Waals surface area contributed by atoms with Crippen molar-refractivity contribution in [3.8, 4) is 0 Å². The fraction of sp³-hybridized carbons (Fsp3) is 0.600. The molecule has 0 aliphatic carbocycles. The van der Waals surface area contributed by atoms with Gasteiger partial charge in [-0.05, 0) is 13.8 Å². The van der Waals surface area contributed by atoms with Crippen molar-refractivity contribution in [2.45, 2.75) is 32.9 Å². The molecule has 0 bridgehead atoms. The highest BCUT2D eigenvalue weighted by Gasteiger charge is 2.27. The standard InChI is InChI=1S/C10H14N2O2S/c1-3-14-10(13)8-4-7-9(5-11-8)15-6(2)12-7/h8,11H,3-5H2,1-2H3. The SMILES string of the molecule is CCOC(=O)C1Cc2nc(C)sc2CN1. The smallest absolute Gasteiger partial charge is 0.323 e. The van der Waals surface area contributed by atoms with Crippen molar-refractivity contribution in [1.29, 1.82) is 0 Å². The molecule has 82 valence electrons. The third kappa shape index (κ3) is 2.18. The van der Waals surface area contributed by atoms with Crippen molar-refractivity contribution < 1.29 is 9.53 Å². The molecular formula is C10H14N2O2S. The van der Waals surface area contributed by atoms with E-state index < -0.39 is 0 Å². The summed E-state index contributed by atoms with van der Waals surface area (Å²) in [5, 5.41) is 4.23. The molecular weight excluding hydrogens is 212 g/mol. The van der Waals surface area contributed by atoms with Gasteiger partial charge in [0.15, 0.2) is 0 Å². The number of hydrogen-bond donors (Lipinski definition) is 1. The van der Waals surface area contributed by atoms with E-state index in [0.29, 0.717) is 13.0 Å². The predicted molar refractivity (Wildman–Crippen MR) is 57.8 cm³/mol. The first-order valence-corrected chi connectivity index (χ1v) is 5.87. The summed E-state index contributed by atoms with van der Waals surface area (Å²) in [5.74, 6) is -0.172. The van der Waals surface area contributed by atoms with Gasteiger partial charge < -0.3 is 4.74 Å². The number of carbonyl (C=O) groups excluding carboxylic acids is 1. The lowest BCUT2D eigenvalue weighted by Crippen LogP contribution is -2.42. The van der Waals surface area contributed by atoms with E-state index in [0.717, 1.165) is 17.2 Å². The van der Waals surface area contributed by atoms with E-state index in [4.69, 9.17) is 4.74 Å². The molecule has 0 spiro atoms. The maximum Gasteiger partial charge on any atom is 0.323 e. The van der Waals surface area contributed by atoms with Crippen LogP contribution in [0.25, 0.3) is 0 Å². The Morgan fingerprint density at radius 2 is 2.53 bits per heavy atom. The van der Waals surface area contributed by atoms with Gasteiger partial charge in [0.2, 0.25) is 0 Å². The molecule has 1 aliphatic heterocycles. The van der Waals surface area contributed by atoms with Gasteiger partial charge >= 0.3 is 5.97 Å². The fourth-order valence-corrected chi connectivity index (χ4v) is 2.62. The summed E-state index contributed by atoms with van der Waals surface area (Å²) in [5.41, 5.74) is 1.05. The molecule has 0 radical (unpaired) electrons. The first kappa shape index (κ1) is 10.6. The molecule has 0 aromatic carbocycles. The fourth-order valence-electron chi connectivity index (χ4n) is 1.70. The van der Waals surface area contributed by atoms with Gasteiger partial charge in [0, 0.05) is 17.8 Å². The number of rotatable bonds is 2. The maximum atomic E-state index is 11.5. The van der Waals surface area contributed by atoms with Gasteiger partial charge in [-0.1, -0.05) is 0 Å². The van der Waals surface area contributed by atoms with Crippen LogP contribution in [0.5, 0.6) is 0 Å². The first-order chi connectivity index (χ1) is 7.20. The van der Waals surface area contributed by atoms with Crippen LogP contribution in [0.4, 0.5) is 0 Å². The number of fused-ring (bicyclic) bond motifs is 1. The van der Waals surface area contributed by atoms with E-state index in [2.05, 4.69) is 10.3 Å². The Kier molecular flexibility index (Phi) is 3.02. The van der Waals surface area contributed by atoms with E-state index in [1.165, 1.54) is 4.88 Å². The van der Waals surface area contributed by atoms with E-state index in [1.54, 1.807) is 11.3 Å². The number of aryl methyl sites for hydroxylation is 1. The molecule has 15 heavy (non-hydrogen) atoms. The third-order valence-electron chi connectivity index (χ3n) is 2.36. The van der Waals surface area contributed by atoms with Crippen LogP contribution in [0, 0.1) is 6.92 Å². The van der Waals surface area contributed by atoms with Gasteiger partial charge in [-0.3, -0.25) is 10.1 Å². The topological polar surface area (TPSA) is 51.2 Å². The highest BCUT2D eigenvalue weighted by molar-refractivity contribution is 7.11. The predicted octanol–water partition coefficient (Wildman–Crippen LogP) is 1.03. The molecule has 2 heterocycles. The van der Waals surface area contributed by atoms with Crippen molar-refractivity contribution >= 4 is 17.3 Å². The Balaban J connectivity index is 2.08. The zero-order valence-electron chi connectivity index (χ0n) is 8.87. The monoisotopic (exact) mass is 226 g/mol. The number of ether oxygens (including phenoxy) is 1. The van der Waals surface area contributed by atoms with E-state index in [-0.39, 0.29) is 12.0 Å². The summed E-state index contributed by atoms with van der Waals surface area (Å²) in [7, 11) is 0. The second-order valence-corrected chi connectivity index (χ2v) is 4.78. The van der Waals surface area contributed by atoms with Crippen molar-refractivity contribution in [3.05, 3.63) is 15.6 Å². The average Bonchev–Trinajstić information content (AvgIpc) is 2.57. The van der Waals surface area contributed by atoms with Crippen LogP contribution in [0.1, 0.15) is 22.5 Å². The molecule has 5 heteroatoms. The minimum atomic E-state index is -0.223. The van der Waals surface area contributed by atoms with Crippen LogP contribution in [0.3, 0.4) is 0 Å². The van der Waals surface area contributed by atoms with E-state index >= 15 is 0 Å². The molecule has 1 unspecified atom stereocenters. The van der Waals surface area contributed by atoms with Crippen LogP contribution < -0.4 is 5.32 Å². The number of nitrogens with zero attached hydrogens (tertiary/aromatic N) is 1. The third-order valence-corrected chi connectivity index (χ3v) is 3.38. The summed E-state index contributed by atoms with van der Waals surface area (Å²) in [4.78, 5) is 17.2. The zero-order chi connectivity index (χ0) is 10.8. The van der Waals surface area contributed by atoms with Crippen LogP contribution in [-0.4, -0.2) is 23.6 Å². The zero-order valence-corrected chi connectivity index (χ0v) is 9.69. The summed E-state index contributed by atoms with van der Waals surface area (Å²) < 4.78 is 4.98. The second-order valence-electron chi connectivity index (χ2n) is 3.49. The van der Waals surface area contributed by atoms with Gasteiger partial charge in [-0.15, -0.1) is 11.3 Å². The molecule has 1 aliphatic rings. The quantitative estimate of drug-likeness (QED) is 0.765. The van der Waals surface area contributed by atoms with Gasteiger partial charge in [-0.25, -0.2) is 4.98 Å². The number of esters is 1. The second kappa shape index (κ2) is 4.28. The van der Waals surface area contributed by atoms with Crippen molar-refractivity contribution in [2.75, 3.05) is 6.61 Å². The summed E-state index contributed by atoms with van der Waals surface area (Å²) >= 11 is 1.69. The molecule has 1 aromatic rings. The Hall–Kier alpha value is -0.940. The van der Waals surface area contributed by atoms with Crippen molar-refractivity contribution in [1.82, 2.24) is 10.3 Å². The van der Waals surface area contributed by atoms with Crippen LogP contribution in [-0.2, 0) is 22.5 Å². The molecule has 2 rings (SSSR count). The lowest BCUT2D eigenvalue weighted by atomic mass is 10.1. The average molecular weight is 226 g/mol. The Bertz CT molecular complexity index is 375. The number of hydrogen-bond acceptors (Lipinski definition) is 5. The lowest BCUT2D eigenvalue weighted by Gasteiger charge is -2.20. The molecule has 0 amide bonds. The van der Waals surface area contributed by atoms with Gasteiger partial charge in [0.1, 0.15) is 6.04 Å². The molecule has 0 fully saturated rings. The van der Waals surface area contributed by atoms with Crippen LogP contribution >= 0.6 is 11.3 Å². The number of nitrogens with one attached hydrogen (secondary N) is 1. The van der Waals surface area contributed by atoms with E-state index in [9.17, 15) is 4.79 Å². The summed E-state index contributed by atoms with van der Waals surface area (Å²) in [6, 6.07) is -0.223. The first-order valence-electron chi connectivity index (χ1n) is 5.06. The van der Waals surface area contributed by atoms with Gasteiger partial charge in [0.05, 0.1) is 17.3 Å². The van der Waals surface area contributed by atoms with Crippen molar-refractivity contribution in [2.24, 2.45) is 0 Å². The minimum absolute atomic E-state index is 0.172. The van der Waals surface area contributed by atoms with Gasteiger partial charge in [0.25, 0.3) is 0 Å². The number of carbonyl (C=O) groups is 1.